The molecule has 6 rings (SSSR count). The molecule has 7 nitrogen and oxygen atoms in total. The van der Waals surface area contributed by atoms with Gasteiger partial charge in [0.25, 0.3) is 0 Å². The highest BCUT2D eigenvalue weighted by atomic mass is 35.5. The number of aliphatic hydroxyl groups excluding tert-OH is 1. The van der Waals surface area contributed by atoms with E-state index >= 15 is 0 Å². The summed E-state index contributed by atoms with van der Waals surface area (Å²) in [6, 6.07) is 13.4. The largest absolute Gasteiger partial charge is 0.454 e. The molecule has 2 aliphatic heterocycles. The molecule has 0 radical (unpaired) electrons. The van der Waals surface area contributed by atoms with Crippen LogP contribution >= 0.6 is 22.9 Å². The second kappa shape index (κ2) is 8.53. The van der Waals surface area contributed by atoms with Gasteiger partial charge in [0.2, 0.25) is 12.7 Å². The highest BCUT2D eigenvalue weighted by molar-refractivity contribution is 7.15. The van der Waals surface area contributed by atoms with Crippen molar-refractivity contribution in [2.24, 2.45) is 0 Å². The predicted molar refractivity (Wildman–Crippen MR) is 130 cm³/mol. The van der Waals surface area contributed by atoms with E-state index in [1.165, 1.54) is 11.3 Å². The number of carbonyl (C=O) groups excluding carboxylic acids is 1. The number of aliphatic hydroxyl groups is 1. The zero-order chi connectivity index (χ0) is 23.3. The van der Waals surface area contributed by atoms with Crippen LogP contribution < -0.4 is 14.8 Å². The van der Waals surface area contributed by atoms with E-state index in [-0.39, 0.29) is 24.8 Å². The zero-order valence-electron chi connectivity index (χ0n) is 18.4. The highest BCUT2D eigenvalue weighted by Gasteiger charge is 2.52. The van der Waals surface area contributed by atoms with Gasteiger partial charge in [0.05, 0.1) is 17.6 Å². The summed E-state index contributed by atoms with van der Waals surface area (Å²) in [4.78, 5) is 21.0. The van der Waals surface area contributed by atoms with Crippen LogP contribution in [0.15, 0.2) is 48.7 Å². The Morgan fingerprint density at radius 2 is 2.06 bits per heavy atom. The van der Waals surface area contributed by atoms with Crippen LogP contribution in [-0.2, 0) is 10.2 Å². The first-order valence-corrected chi connectivity index (χ1v) is 12.6. The van der Waals surface area contributed by atoms with Crippen molar-refractivity contribution < 1.29 is 19.4 Å². The molecule has 34 heavy (non-hydrogen) atoms. The van der Waals surface area contributed by atoms with Crippen LogP contribution in [0.1, 0.15) is 41.3 Å². The Morgan fingerprint density at radius 1 is 1.24 bits per heavy atom. The van der Waals surface area contributed by atoms with Crippen molar-refractivity contribution in [2.75, 3.05) is 25.2 Å². The lowest BCUT2D eigenvalue weighted by Gasteiger charge is -2.27. The van der Waals surface area contributed by atoms with E-state index in [9.17, 15) is 9.90 Å². The number of rotatable bonds is 6. The Morgan fingerprint density at radius 3 is 2.82 bits per heavy atom. The number of carbonyl (C=O) groups is 1. The summed E-state index contributed by atoms with van der Waals surface area (Å²) in [5, 5.41) is 14.4. The summed E-state index contributed by atoms with van der Waals surface area (Å²) < 4.78 is 10.9. The van der Waals surface area contributed by atoms with E-state index in [0.29, 0.717) is 28.2 Å². The average molecular weight is 498 g/mol. The normalized spacial score (nSPS) is 21.4. The fourth-order valence-corrected chi connectivity index (χ4v) is 6.09. The number of ether oxygens (including phenoxy) is 2. The standard InChI is InChI=1S/C25H24ClN3O4S/c26-18-4-2-1-3-17(18)22(29-10-7-16(30)13-29)21-12-27-24(34-21)28-23(31)25(8-9-25)15-5-6-19-20(11-15)33-14-32-19/h1-6,11-12,16,22,30H,7-10,13-14H2,(H,27,28,31)/t16-,22?/m1/s1. The van der Waals surface area contributed by atoms with Gasteiger partial charge in [0.15, 0.2) is 16.6 Å². The maximum Gasteiger partial charge on any atom is 0.236 e. The van der Waals surface area contributed by atoms with Gasteiger partial charge in [-0.1, -0.05) is 47.2 Å². The van der Waals surface area contributed by atoms with Crippen LogP contribution in [0.25, 0.3) is 0 Å². The molecule has 1 amide bonds. The SMILES string of the molecule is O=C(Nc1ncc(C(c2ccccc2Cl)N2CC[C@@H](O)C2)s1)C1(c2ccc3c(c2)OCO3)CC1. The molecule has 3 aliphatic rings. The van der Waals surface area contributed by atoms with Crippen LogP contribution in [0.5, 0.6) is 11.5 Å². The van der Waals surface area contributed by atoms with E-state index in [1.54, 1.807) is 6.20 Å². The second-order valence-corrected chi connectivity index (χ2v) is 10.5. The van der Waals surface area contributed by atoms with Crippen molar-refractivity contribution in [2.45, 2.75) is 36.8 Å². The molecular formula is C25H24ClN3O4S. The van der Waals surface area contributed by atoms with Crippen molar-refractivity contribution >= 4 is 34.0 Å². The van der Waals surface area contributed by atoms with Crippen molar-refractivity contribution in [3.05, 3.63) is 69.7 Å². The summed E-state index contributed by atoms with van der Waals surface area (Å²) >= 11 is 8.01. The van der Waals surface area contributed by atoms with Crippen LogP contribution in [-0.4, -0.2) is 46.9 Å². The van der Waals surface area contributed by atoms with E-state index in [4.69, 9.17) is 21.1 Å². The first-order valence-electron chi connectivity index (χ1n) is 11.4. The summed E-state index contributed by atoms with van der Waals surface area (Å²) in [5.41, 5.74) is 1.35. The minimum Gasteiger partial charge on any atom is -0.454 e. The van der Waals surface area contributed by atoms with Gasteiger partial charge < -0.3 is 19.9 Å². The third kappa shape index (κ3) is 3.84. The molecule has 1 saturated carbocycles. The Kier molecular flexibility index (Phi) is 5.49. The van der Waals surface area contributed by atoms with Gasteiger partial charge >= 0.3 is 0 Å². The summed E-state index contributed by atoms with van der Waals surface area (Å²) in [6.07, 6.45) is 3.74. The molecule has 9 heteroatoms. The summed E-state index contributed by atoms with van der Waals surface area (Å²) in [6.45, 7) is 1.55. The van der Waals surface area contributed by atoms with Crippen molar-refractivity contribution in [3.63, 3.8) is 0 Å². The number of nitrogens with zero attached hydrogens (tertiary/aromatic N) is 2. The molecule has 1 aromatic heterocycles. The van der Waals surface area contributed by atoms with Crippen LogP contribution in [0, 0.1) is 0 Å². The van der Waals surface area contributed by atoms with E-state index in [0.717, 1.165) is 41.8 Å². The predicted octanol–water partition coefficient (Wildman–Crippen LogP) is 4.35. The van der Waals surface area contributed by atoms with Gasteiger partial charge in [-0.3, -0.25) is 9.69 Å². The zero-order valence-corrected chi connectivity index (χ0v) is 19.9. The Bertz CT molecular complexity index is 1240. The second-order valence-electron chi connectivity index (χ2n) is 9.03. The number of fused-ring (bicyclic) bond motifs is 1. The van der Waals surface area contributed by atoms with Crippen LogP contribution in [0.3, 0.4) is 0 Å². The molecular weight excluding hydrogens is 474 g/mol. The third-order valence-corrected chi connectivity index (χ3v) is 8.19. The lowest BCUT2D eigenvalue weighted by molar-refractivity contribution is -0.118. The number of aromatic nitrogens is 1. The molecule has 0 spiro atoms. The fourth-order valence-electron chi connectivity index (χ4n) is 4.88. The average Bonchev–Trinajstić information content (AvgIpc) is 3.13. The minimum atomic E-state index is -0.561. The van der Waals surface area contributed by atoms with Crippen molar-refractivity contribution in [1.82, 2.24) is 9.88 Å². The lowest BCUT2D eigenvalue weighted by Crippen LogP contribution is -2.28. The molecule has 3 heterocycles. The maximum atomic E-state index is 13.3. The lowest BCUT2D eigenvalue weighted by atomic mass is 9.94. The fraction of sp³-hybridized carbons (Fsp3) is 0.360. The van der Waals surface area contributed by atoms with Gasteiger partial charge in [0.1, 0.15) is 0 Å². The number of likely N-dealkylation sites (tertiary alicyclic amines) is 1. The van der Waals surface area contributed by atoms with Gasteiger partial charge in [-0.2, -0.15) is 0 Å². The Labute approximate surface area is 206 Å². The molecule has 0 bridgehead atoms. The number of halogens is 1. The number of hydrogen-bond donors (Lipinski definition) is 2. The monoisotopic (exact) mass is 497 g/mol. The van der Waals surface area contributed by atoms with E-state index < -0.39 is 5.41 Å². The molecule has 1 aliphatic carbocycles. The first-order chi connectivity index (χ1) is 16.5. The minimum absolute atomic E-state index is 0.0573. The van der Waals surface area contributed by atoms with Gasteiger partial charge in [-0.25, -0.2) is 4.98 Å². The summed E-state index contributed by atoms with van der Waals surface area (Å²) in [7, 11) is 0. The third-order valence-electron chi connectivity index (χ3n) is 6.88. The van der Waals surface area contributed by atoms with Crippen molar-refractivity contribution in [3.8, 4) is 11.5 Å². The molecule has 2 N–H and O–H groups in total. The van der Waals surface area contributed by atoms with Gasteiger partial charge in [0, 0.05) is 29.2 Å². The number of β-amino-alcohol motifs (C(OH)–C–C–N with tert-alkyl or cyclic N) is 1. The highest BCUT2D eigenvalue weighted by Crippen LogP contribution is 2.51. The topological polar surface area (TPSA) is 83.9 Å². The van der Waals surface area contributed by atoms with Crippen molar-refractivity contribution in [1.29, 1.82) is 0 Å². The number of benzene rings is 2. The number of hydrogen-bond acceptors (Lipinski definition) is 7. The number of thiazole rings is 1. The number of nitrogens with one attached hydrogen (secondary N) is 1. The summed E-state index contributed by atoms with van der Waals surface area (Å²) in [5.74, 6) is 1.34. The number of amides is 1. The maximum absolute atomic E-state index is 13.3. The molecule has 2 atom stereocenters. The quantitative estimate of drug-likeness (QED) is 0.526. The molecule has 1 saturated heterocycles. The Hall–Kier alpha value is -2.65. The molecule has 3 aromatic rings. The smallest absolute Gasteiger partial charge is 0.236 e. The number of anilines is 1. The molecule has 2 aromatic carbocycles. The first kappa shape index (κ1) is 21.9. The van der Waals surface area contributed by atoms with Crippen LogP contribution in [0.2, 0.25) is 5.02 Å². The molecule has 176 valence electrons. The van der Waals surface area contributed by atoms with Crippen LogP contribution in [0.4, 0.5) is 5.13 Å². The van der Waals surface area contributed by atoms with E-state index in [1.807, 2.05) is 42.5 Å². The molecule has 2 fully saturated rings. The van der Waals surface area contributed by atoms with E-state index in [2.05, 4.69) is 15.2 Å². The Balaban J connectivity index is 1.25. The van der Waals surface area contributed by atoms with Gasteiger partial charge in [-0.05, 0) is 48.6 Å². The molecule has 1 unspecified atom stereocenters. The van der Waals surface area contributed by atoms with Gasteiger partial charge in [-0.15, -0.1) is 0 Å².